The molecule has 0 amide bonds. The van der Waals surface area contributed by atoms with Gasteiger partial charge in [0.25, 0.3) is 0 Å². The summed E-state index contributed by atoms with van der Waals surface area (Å²) >= 11 is 10.2. The largest absolute Gasteiger partial charge is 0.316 e. The van der Waals surface area contributed by atoms with Crippen molar-refractivity contribution in [3.63, 3.8) is 0 Å². The second kappa shape index (κ2) is 6.71. The van der Waals surface area contributed by atoms with Crippen LogP contribution < -0.4 is 4.72 Å². The van der Waals surface area contributed by atoms with Crippen molar-refractivity contribution in [3.05, 3.63) is 0 Å². The number of thiol groups is 1. The van der Waals surface area contributed by atoms with Crippen molar-refractivity contribution in [2.24, 2.45) is 0 Å². The first kappa shape index (κ1) is 9.59. The first-order chi connectivity index (χ1) is 4.27. The predicted molar refractivity (Wildman–Crippen MR) is 52.1 cm³/mol. The number of hydrogen-bond donors (Lipinski definition) is 2. The van der Waals surface area contributed by atoms with Crippen LogP contribution in [0.3, 0.4) is 0 Å². The smallest absolute Gasteiger partial charge is 0.140 e. The highest BCUT2D eigenvalue weighted by molar-refractivity contribution is 8.13. The van der Waals surface area contributed by atoms with Gasteiger partial charge >= 0.3 is 0 Å². The van der Waals surface area contributed by atoms with Gasteiger partial charge in [-0.25, -0.2) is 0 Å². The highest BCUT2D eigenvalue weighted by Gasteiger charge is 1.86. The van der Waals surface area contributed by atoms with Gasteiger partial charge < -0.3 is 4.72 Å². The van der Waals surface area contributed by atoms with Crippen LogP contribution in [0.1, 0.15) is 19.8 Å². The van der Waals surface area contributed by atoms with Crippen molar-refractivity contribution < 1.29 is 0 Å². The molecular formula is C5H11NS3. The lowest BCUT2D eigenvalue weighted by Crippen LogP contribution is -2.05. The van der Waals surface area contributed by atoms with E-state index in [1.54, 1.807) is 11.9 Å². The van der Waals surface area contributed by atoms with Crippen molar-refractivity contribution >= 4 is 41.1 Å². The first-order valence-electron chi connectivity index (χ1n) is 2.88. The molecular weight excluding hydrogens is 170 g/mol. The van der Waals surface area contributed by atoms with E-state index in [4.69, 9.17) is 0 Å². The summed E-state index contributed by atoms with van der Waals surface area (Å²) in [7, 11) is 0. The van der Waals surface area contributed by atoms with E-state index in [0.717, 1.165) is 5.75 Å². The van der Waals surface area contributed by atoms with E-state index in [-0.39, 0.29) is 0 Å². The highest BCUT2D eigenvalue weighted by Crippen LogP contribution is 1.99. The molecule has 0 aliphatic rings. The molecule has 0 heterocycles. The van der Waals surface area contributed by atoms with Gasteiger partial charge in [0.1, 0.15) is 4.32 Å². The van der Waals surface area contributed by atoms with Crippen LogP contribution in [0, 0.1) is 0 Å². The number of thiocarbonyl (C=S) groups is 1. The second-order valence-electron chi connectivity index (χ2n) is 1.61. The van der Waals surface area contributed by atoms with Gasteiger partial charge in [0.05, 0.1) is 0 Å². The summed E-state index contributed by atoms with van der Waals surface area (Å²) in [5.41, 5.74) is 0. The standard InChI is InChI=1S/C5H11NS3/c1-2-3-4-9-6-5(7)8/h2-4H2,1H3,(H2,6,7,8). The Morgan fingerprint density at radius 2 is 2.44 bits per heavy atom. The van der Waals surface area contributed by atoms with Gasteiger partial charge in [0.15, 0.2) is 0 Å². The van der Waals surface area contributed by atoms with Gasteiger partial charge in [-0.2, -0.15) is 0 Å². The maximum atomic E-state index is 4.68. The van der Waals surface area contributed by atoms with Crippen LogP contribution >= 0.6 is 36.8 Å². The Bertz CT molecular complexity index is 84.3. The molecule has 0 spiro atoms. The van der Waals surface area contributed by atoms with Crippen LogP contribution in [0.5, 0.6) is 0 Å². The van der Waals surface area contributed by atoms with Crippen molar-refractivity contribution in [2.45, 2.75) is 19.8 Å². The fourth-order valence-corrected chi connectivity index (χ4v) is 1.36. The summed E-state index contributed by atoms with van der Waals surface area (Å²) in [5, 5.41) is 0. The average Bonchev–Trinajstić information content (AvgIpc) is 1.80. The third kappa shape index (κ3) is 8.59. The lowest BCUT2D eigenvalue weighted by molar-refractivity contribution is 0.896. The fraction of sp³-hybridized carbons (Fsp3) is 0.800. The summed E-state index contributed by atoms with van der Waals surface area (Å²) < 4.78 is 3.46. The van der Waals surface area contributed by atoms with Crippen molar-refractivity contribution in [3.8, 4) is 0 Å². The van der Waals surface area contributed by atoms with Gasteiger partial charge in [-0.1, -0.05) is 37.5 Å². The van der Waals surface area contributed by atoms with E-state index >= 15 is 0 Å². The van der Waals surface area contributed by atoms with Crippen LogP contribution in [0.15, 0.2) is 0 Å². The number of unbranched alkanes of at least 4 members (excludes halogenated alkanes) is 1. The predicted octanol–water partition coefficient (Wildman–Crippen LogP) is 2.24. The van der Waals surface area contributed by atoms with Gasteiger partial charge in [0, 0.05) is 5.75 Å². The monoisotopic (exact) mass is 181 g/mol. The Labute approximate surface area is 71.5 Å². The SMILES string of the molecule is CCCCSNC(=S)S. The lowest BCUT2D eigenvalue weighted by atomic mass is 10.4. The van der Waals surface area contributed by atoms with Crippen molar-refractivity contribution in [1.29, 1.82) is 0 Å². The molecule has 0 radical (unpaired) electrons. The van der Waals surface area contributed by atoms with Crippen LogP contribution in [0.4, 0.5) is 0 Å². The molecule has 0 unspecified atom stereocenters. The highest BCUT2D eigenvalue weighted by atomic mass is 32.2. The Hall–Kier alpha value is 0.590. The molecule has 0 saturated heterocycles. The third-order valence-electron chi connectivity index (χ3n) is 0.759. The molecule has 0 bridgehead atoms. The Balaban J connectivity index is 2.83. The lowest BCUT2D eigenvalue weighted by Gasteiger charge is -1.98. The van der Waals surface area contributed by atoms with Crippen LogP contribution in [0.25, 0.3) is 0 Å². The quantitative estimate of drug-likeness (QED) is 0.299. The van der Waals surface area contributed by atoms with Crippen molar-refractivity contribution in [1.82, 2.24) is 4.72 Å². The zero-order valence-electron chi connectivity index (χ0n) is 5.39. The molecule has 0 rings (SSSR count). The van der Waals surface area contributed by atoms with Gasteiger partial charge in [-0.15, -0.1) is 12.6 Å². The van der Waals surface area contributed by atoms with Gasteiger partial charge in [0.2, 0.25) is 0 Å². The summed E-state index contributed by atoms with van der Waals surface area (Å²) in [6.45, 7) is 2.17. The van der Waals surface area contributed by atoms with Gasteiger partial charge in [-0.05, 0) is 6.42 Å². The second-order valence-corrected chi connectivity index (χ2v) is 3.67. The van der Waals surface area contributed by atoms with E-state index in [1.807, 2.05) is 0 Å². The van der Waals surface area contributed by atoms with E-state index in [1.165, 1.54) is 12.8 Å². The summed E-state index contributed by atoms with van der Waals surface area (Å²) in [6.07, 6.45) is 2.46. The minimum Gasteiger partial charge on any atom is -0.316 e. The molecule has 0 aliphatic heterocycles. The van der Waals surface area contributed by atoms with E-state index in [0.29, 0.717) is 4.32 Å². The molecule has 0 aromatic carbocycles. The third-order valence-corrected chi connectivity index (χ3v) is 2.10. The maximum Gasteiger partial charge on any atom is 0.140 e. The maximum absolute atomic E-state index is 4.68. The molecule has 0 atom stereocenters. The molecule has 4 heteroatoms. The number of hydrogen-bond acceptors (Lipinski definition) is 2. The Morgan fingerprint density at radius 1 is 1.78 bits per heavy atom. The molecule has 1 nitrogen and oxygen atoms in total. The normalized spacial score (nSPS) is 9.11. The Kier molecular flexibility index (Phi) is 7.15. The van der Waals surface area contributed by atoms with Crippen molar-refractivity contribution in [2.75, 3.05) is 5.75 Å². The fourth-order valence-electron chi connectivity index (χ4n) is 0.329. The molecule has 54 valence electrons. The number of rotatable bonds is 4. The topological polar surface area (TPSA) is 12.0 Å². The van der Waals surface area contributed by atoms with Crippen LogP contribution in [-0.2, 0) is 0 Å². The molecule has 9 heavy (non-hydrogen) atoms. The summed E-state index contributed by atoms with van der Waals surface area (Å²) in [5.74, 6) is 1.11. The molecule has 0 aromatic heterocycles. The molecule has 0 fully saturated rings. The molecule has 1 N–H and O–H groups in total. The molecule has 0 saturated carbocycles. The minimum atomic E-state index is 0.566. The Morgan fingerprint density at radius 3 is 2.89 bits per heavy atom. The minimum absolute atomic E-state index is 0.566. The van der Waals surface area contributed by atoms with E-state index in [9.17, 15) is 0 Å². The van der Waals surface area contributed by atoms with Crippen LogP contribution in [-0.4, -0.2) is 10.1 Å². The zero-order chi connectivity index (χ0) is 7.11. The zero-order valence-corrected chi connectivity index (χ0v) is 7.91. The van der Waals surface area contributed by atoms with Crippen LogP contribution in [0.2, 0.25) is 0 Å². The summed E-state index contributed by atoms with van der Waals surface area (Å²) in [4.78, 5) is 0. The van der Waals surface area contributed by atoms with Gasteiger partial charge in [-0.3, -0.25) is 0 Å². The van der Waals surface area contributed by atoms with E-state index in [2.05, 4.69) is 36.5 Å². The summed E-state index contributed by atoms with van der Waals surface area (Å²) in [6, 6.07) is 0. The first-order valence-corrected chi connectivity index (χ1v) is 4.72. The number of nitrogens with one attached hydrogen (secondary N) is 1. The molecule has 0 aromatic rings. The van der Waals surface area contributed by atoms with E-state index < -0.39 is 0 Å². The molecule has 0 aliphatic carbocycles. The average molecular weight is 181 g/mol.